The monoisotopic (exact) mass is 335 g/mol. The summed E-state index contributed by atoms with van der Waals surface area (Å²) >= 11 is 0. The van der Waals surface area contributed by atoms with Crippen LogP contribution in [0.25, 0.3) is 21.7 Å². The predicted octanol–water partition coefficient (Wildman–Crippen LogP) is 5.21. The van der Waals surface area contributed by atoms with E-state index >= 15 is 0 Å². The predicted molar refractivity (Wildman–Crippen MR) is 104 cm³/mol. The maximum atomic E-state index is 6.28. The second kappa shape index (κ2) is 5.60. The maximum Gasteiger partial charge on any atom is 0.168 e. The quantitative estimate of drug-likeness (QED) is 0.698. The van der Waals surface area contributed by atoms with Gasteiger partial charge in [0.2, 0.25) is 0 Å². The van der Waals surface area contributed by atoms with Gasteiger partial charge < -0.3 is 9.32 Å². The van der Waals surface area contributed by atoms with Crippen molar-refractivity contribution in [2.24, 2.45) is 10.4 Å². The molecular weight excluding hydrogens is 310 g/mol. The fourth-order valence-electron chi connectivity index (χ4n) is 3.26. The van der Waals surface area contributed by atoms with E-state index in [1.54, 1.807) is 0 Å². The van der Waals surface area contributed by atoms with Crippen LogP contribution in [0.1, 0.15) is 39.6 Å². The highest BCUT2D eigenvalue weighted by Crippen LogP contribution is 2.43. The Bertz CT molecular complexity index is 964. The van der Waals surface area contributed by atoms with Gasteiger partial charge in [0.1, 0.15) is 17.4 Å². The summed E-state index contributed by atoms with van der Waals surface area (Å²) in [4.78, 5) is 6.78. The lowest BCUT2D eigenvalue weighted by Gasteiger charge is -2.36. The van der Waals surface area contributed by atoms with Crippen LogP contribution in [0.5, 0.6) is 0 Å². The van der Waals surface area contributed by atoms with E-state index in [2.05, 4.69) is 74.3 Å². The molecule has 3 aromatic rings. The van der Waals surface area contributed by atoms with Crippen LogP contribution in [-0.4, -0.2) is 24.3 Å². The molecule has 0 saturated carbocycles. The van der Waals surface area contributed by atoms with E-state index in [1.807, 2.05) is 13.4 Å². The van der Waals surface area contributed by atoms with E-state index in [9.17, 15) is 0 Å². The van der Waals surface area contributed by atoms with E-state index in [1.165, 1.54) is 10.8 Å². The van der Waals surface area contributed by atoms with Crippen LogP contribution in [-0.2, 0) is 0 Å². The Morgan fingerprint density at radius 1 is 1.16 bits per heavy atom. The van der Waals surface area contributed by atoms with Gasteiger partial charge in [0.05, 0.1) is 11.7 Å². The minimum absolute atomic E-state index is 0.0205. The molecule has 2 heterocycles. The Balaban J connectivity index is 1.88. The zero-order chi connectivity index (χ0) is 17.8. The molecule has 1 aliphatic heterocycles. The molecular formula is C21H25N3O. The molecule has 0 saturated heterocycles. The number of aliphatic imine (C=N–C) groups is 1. The summed E-state index contributed by atoms with van der Waals surface area (Å²) in [6.07, 6.45) is 1.87. The van der Waals surface area contributed by atoms with Gasteiger partial charge in [-0.05, 0) is 29.2 Å². The van der Waals surface area contributed by atoms with Crippen LogP contribution in [0.4, 0.5) is 5.69 Å². The van der Waals surface area contributed by atoms with Gasteiger partial charge in [0, 0.05) is 13.1 Å². The number of fused-ring (bicyclic) bond motifs is 5. The number of furan rings is 1. The van der Waals surface area contributed by atoms with Crippen LogP contribution in [0.2, 0.25) is 0 Å². The fourth-order valence-corrected chi connectivity index (χ4v) is 3.26. The van der Waals surface area contributed by atoms with Crippen LogP contribution >= 0.6 is 0 Å². The molecule has 1 aromatic heterocycles. The lowest BCUT2D eigenvalue weighted by atomic mass is 9.88. The Morgan fingerprint density at radius 3 is 2.68 bits per heavy atom. The van der Waals surface area contributed by atoms with Crippen molar-refractivity contribution in [1.29, 1.82) is 0 Å². The minimum atomic E-state index is -0.0205. The third-order valence-electron chi connectivity index (χ3n) is 5.31. The van der Waals surface area contributed by atoms with Gasteiger partial charge in [0.25, 0.3) is 0 Å². The molecule has 4 nitrogen and oxygen atoms in total. The van der Waals surface area contributed by atoms with Crippen molar-refractivity contribution in [2.45, 2.75) is 39.9 Å². The molecule has 0 radical (unpaired) electrons. The van der Waals surface area contributed by atoms with E-state index in [-0.39, 0.29) is 11.6 Å². The Morgan fingerprint density at radius 2 is 1.92 bits per heavy atom. The van der Waals surface area contributed by atoms with Crippen molar-refractivity contribution < 1.29 is 4.42 Å². The molecule has 1 N–H and O–H groups in total. The molecule has 1 unspecified atom stereocenters. The highest BCUT2D eigenvalue weighted by Gasteiger charge is 2.32. The van der Waals surface area contributed by atoms with Gasteiger partial charge in [-0.25, -0.2) is 4.99 Å². The normalized spacial score (nSPS) is 18.8. The number of rotatable bonds is 2. The summed E-state index contributed by atoms with van der Waals surface area (Å²) in [6.45, 7) is 8.95. The third kappa shape index (κ3) is 2.61. The standard InChI is InChI=1S/C21H25N3O/c1-13(21(2,3)4)23-20-19-18(22-12-24(20)5)17-15-9-7-6-8-14(15)10-11-16(17)25-19/h6-13,20,23H,1-5H3/t13-,20?/m1/s1. The van der Waals surface area contributed by atoms with Gasteiger partial charge >= 0.3 is 0 Å². The fraction of sp³-hybridized carbons (Fsp3) is 0.381. The number of benzene rings is 2. The zero-order valence-electron chi connectivity index (χ0n) is 15.5. The molecule has 130 valence electrons. The summed E-state index contributed by atoms with van der Waals surface area (Å²) < 4.78 is 6.28. The lowest BCUT2D eigenvalue weighted by molar-refractivity contribution is 0.190. The van der Waals surface area contributed by atoms with Crippen molar-refractivity contribution in [3.8, 4) is 0 Å². The van der Waals surface area contributed by atoms with Gasteiger partial charge in [-0.2, -0.15) is 0 Å². The van der Waals surface area contributed by atoms with Crippen LogP contribution in [0, 0.1) is 5.41 Å². The van der Waals surface area contributed by atoms with Gasteiger partial charge in [-0.1, -0.05) is 51.1 Å². The molecule has 0 spiro atoms. The van der Waals surface area contributed by atoms with Crippen molar-refractivity contribution in [2.75, 3.05) is 7.05 Å². The average molecular weight is 335 g/mol. The maximum absolute atomic E-state index is 6.28. The zero-order valence-corrected chi connectivity index (χ0v) is 15.5. The van der Waals surface area contributed by atoms with Crippen molar-refractivity contribution >= 4 is 33.8 Å². The van der Waals surface area contributed by atoms with Gasteiger partial charge in [-0.15, -0.1) is 0 Å². The minimum Gasteiger partial charge on any atom is -0.455 e. The van der Waals surface area contributed by atoms with E-state index in [0.717, 1.165) is 22.4 Å². The summed E-state index contributed by atoms with van der Waals surface area (Å²) in [5.74, 6) is 0.896. The molecule has 0 fully saturated rings. The molecule has 0 aliphatic carbocycles. The number of nitrogens with zero attached hydrogens (tertiary/aromatic N) is 2. The highest BCUT2D eigenvalue weighted by molar-refractivity contribution is 6.12. The molecule has 2 aromatic carbocycles. The molecule has 4 rings (SSSR count). The molecule has 25 heavy (non-hydrogen) atoms. The van der Waals surface area contributed by atoms with Crippen LogP contribution in [0.3, 0.4) is 0 Å². The Kier molecular flexibility index (Phi) is 3.62. The summed E-state index contributed by atoms with van der Waals surface area (Å²) in [5, 5.41) is 7.22. The summed E-state index contributed by atoms with van der Waals surface area (Å²) in [6, 6.07) is 12.9. The second-order valence-corrected chi connectivity index (χ2v) is 8.04. The second-order valence-electron chi connectivity index (χ2n) is 8.04. The van der Waals surface area contributed by atoms with Crippen molar-refractivity contribution in [3.63, 3.8) is 0 Å². The number of nitrogens with one attached hydrogen (secondary N) is 1. The molecule has 0 amide bonds. The Labute approximate surface area is 148 Å². The summed E-state index contributed by atoms with van der Waals surface area (Å²) in [7, 11) is 2.03. The Hall–Kier alpha value is -2.33. The lowest BCUT2D eigenvalue weighted by Crippen LogP contribution is -2.46. The van der Waals surface area contributed by atoms with Crippen molar-refractivity contribution in [3.05, 3.63) is 42.2 Å². The van der Waals surface area contributed by atoms with Gasteiger partial charge in [0.15, 0.2) is 5.76 Å². The largest absolute Gasteiger partial charge is 0.455 e. The first kappa shape index (κ1) is 16.2. The van der Waals surface area contributed by atoms with E-state index < -0.39 is 0 Å². The number of hydrogen-bond acceptors (Lipinski definition) is 4. The SMILES string of the molecule is C[C@@H](NC1c2oc3ccc4ccccc4c3c2N=CN1C)C(C)(C)C. The first-order chi connectivity index (χ1) is 11.9. The van der Waals surface area contributed by atoms with E-state index in [0.29, 0.717) is 6.04 Å². The molecule has 2 atom stereocenters. The van der Waals surface area contributed by atoms with Crippen LogP contribution in [0.15, 0.2) is 45.8 Å². The molecule has 0 bridgehead atoms. The summed E-state index contributed by atoms with van der Waals surface area (Å²) in [5.41, 5.74) is 2.00. The molecule has 1 aliphatic rings. The topological polar surface area (TPSA) is 40.8 Å². The highest BCUT2D eigenvalue weighted by atomic mass is 16.3. The smallest absolute Gasteiger partial charge is 0.168 e. The average Bonchev–Trinajstić information content (AvgIpc) is 2.95. The third-order valence-corrected chi connectivity index (χ3v) is 5.31. The van der Waals surface area contributed by atoms with Crippen molar-refractivity contribution in [1.82, 2.24) is 10.2 Å². The van der Waals surface area contributed by atoms with Crippen LogP contribution < -0.4 is 5.32 Å². The first-order valence-electron chi connectivity index (χ1n) is 8.82. The van der Waals surface area contributed by atoms with E-state index in [4.69, 9.17) is 9.41 Å². The van der Waals surface area contributed by atoms with Gasteiger partial charge in [-0.3, -0.25) is 5.32 Å². The number of hydrogen-bond donors (Lipinski definition) is 1. The first-order valence-corrected chi connectivity index (χ1v) is 8.82. The molecule has 4 heteroatoms.